The van der Waals surface area contributed by atoms with Crippen LogP contribution in [0.15, 0.2) is 11.2 Å². The highest BCUT2D eigenvalue weighted by atomic mass is 32.2. The molecule has 0 aliphatic rings. The van der Waals surface area contributed by atoms with Gasteiger partial charge in [0.2, 0.25) is 0 Å². The highest BCUT2D eigenvalue weighted by Crippen LogP contribution is 2.18. The molecule has 1 rings (SSSR count). The van der Waals surface area contributed by atoms with Gasteiger partial charge in [0.15, 0.2) is 5.03 Å². The minimum Gasteiger partial charge on any atom is -0.337 e. The molecule has 0 saturated carbocycles. The van der Waals surface area contributed by atoms with E-state index in [1.807, 2.05) is 27.7 Å². The van der Waals surface area contributed by atoms with Crippen LogP contribution in [-0.2, 0) is 17.1 Å². The van der Waals surface area contributed by atoms with Gasteiger partial charge in [0.1, 0.15) is 5.82 Å². The van der Waals surface area contributed by atoms with E-state index in [1.165, 1.54) is 4.31 Å². The highest BCUT2D eigenvalue weighted by Gasteiger charge is 2.29. The Hall–Kier alpha value is -0.880. The lowest BCUT2D eigenvalue weighted by molar-refractivity contribution is 0.318. The molecule has 1 aromatic rings. The zero-order chi connectivity index (χ0) is 14.1. The minimum atomic E-state index is -3.50. The molecule has 0 amide bonds. The molecule has 0 atom stereocenters. The number of aryl methyl sites for hydroxylation is 2. The van der Waals surface area contributed by atoms with Gasteiger partial charge in [-0.3, -0.25) is 0 Å². The normalized spacial score (nSPS) is 12.9. The van der Waals surface area contributed by atoms with E-state index in [0.717, 1.165) is 0 Å². The van der Waals surface area contributed by atoms with Crippen LogP contribution in [0.4, 0.5) is 0 Å². The van der Waals surface area contributed by atoms with E-state index < -0.39 is 10.0 Å². The van der Waals surface area contributed by atoms with Crippen molar-refractivity contribution in [3.05, 3.63) is 12.0 Å². The first-order chi connectivity index (χ1) is 8.16. The topological polar surface area (TPSA) is 55.2 Å². The fraction of sp³-hybridized carbons (Fsp3) is 0.750. The lowest BCUT2D eigenvalue weighted by atomic mass is 10.2. The Kier molecular flexibility index (Phi) is 4.55. The molecule has 0 N–H and O–H groups in total. The number of sulfonamides is 1. The summed E-state index contributed by atoms with van der Waals surface area (Å²) >= 11 is 0. The zero-order valence-corrected chi connectivity index (χ0v) is 12.8. The number of hydrogen-bond acceptors (Lipinski definition) is 3. The lowest BCUT2D eigenvalue weighted by Crippen LogP contribution is -2.39. The van der Waals surface area contributed by atoms with Crippen LogP contribution in [0.2, 0.25) is 0 Å². The summed E-state index contributed by atoms with van der Waals surface area (Å²) in [7, 11) is -1.70. The van der Waals surface area contributed by atoms with Crippen molar-refractivity contribution in [2.45, 2.75) is 45.7 Å². The summed E-state index contributed by atoms with van der Waals surface area (Å²) in [5, 5.41) is 0.136. The molecule has 0 fully saturated rings. The molecule has 1 heterocycles. The maximum absolute atomic E-state index is 12.5. The van der Waals surface area contributed by atoms with Crippen LogP contribution in [0.3, 0.4) is 0 Å². The molecule has 0 saturated heterocycles. The fourth-order valence-electron chi connectivity index (χ4n) is 1.72. The van der Waals surface area contributed by atoms with Gasteiger partial charge in [-0.25, -0.2) is 13.4 Å². The van der Waals surface area contributed by atoms with Gasteiger partial charge in [0, 0.05) is 25.8 Å². The van der Waals surface area contributed by atoms with Crippen LogP contribution >= 0.6 is 0 Å². The maximum Gasteiger partial charge on any atom is 0.262 e. The van der Waals surface area contributed by atoms with E-state index in [2.05, 4.69) is 4.98 Å². The molecule has 104 valence electrons. The molecule has 1 aromatic heterocycles. The average Bonchev–Trinajstić information content (AvgIpc) is 2.55. The van der Waals surface area contributed by atoms with Gasteiger partial charge in [0.25, 0.3) is 10.0 Å². The van der Waals surface area contributed by atoms with Gasteiger partial charge in [-0.1, -0.05) is 13.8 Å². The number of rotatable bonds is 5. The van der Waals surface area contributed by atoms with Gasteiger partial charge < -0.3 is 4.57 Å². The number of nitrogens with zero attached hydrogens (tertiary/aromatic N) is 3. The van der Waals surface area contributed by atoms with Crippen LogP contribution in [0.1, 0.15) is 33.5 Å². The summed E-state index contributed by atoms with van der Waals surface area (Å²) in [6, 6.07) is -0.0697. The summed E-state index contributed by atoms with van der Waals surface area (Å²) in [5.74, 6) is 0.980. The fourth-order valence-corrected chi connectivity index (χ4v) is 3.55. The van der Waals surface area contributed by atoms with Crippen LogP contribution in [-0.4, -0.2) is 34.9 Å². The summed E-state index contributed by atoms with van der Waals surface area (Å²) < 4.78 is 28.3. The molecular weight excluding hydrogens is 250 g/mol. The minimum absolute atomic E-state index is 0.0697. The monoisotopic (exact) mass is 273 g/mol. The van der Waals surface area contributed by atoms with E-state index in [9.17, 15) is 8.42 Å². The second-order valence-electron chi connectivity index (χ2n) is 5.30. The van der Waals surface area contributed by atoms with E-state index in [0.29, 0.717) is 12.4 Å². The van der Waals surface area contributed by atoms with Gasteiger partial charge in [-0.2, -0.15) is 4.31 Å². The average molecular weight is 273 g/mol. The Morgan fingerprint density at radius 2 is 1.89 bits per heavy atom. The van der Waals surface area contributed by atoms with Crippen molar-refractivity contribution in [1.29, 1.82) is 0 Å². The van der Waals surface area contributed by atoms with Crippen molar-refractivity contribution in [3.8, 4) is 0 Å². The van der Waals surface area contributed by atoms with E-state index in [-0.39, 0.29) is 17.0 Å². The lowest BCUT2D eigenvalue weighted by Gasteiger charge is -2.26. The molecule has 0 radical (unpaired) electrons. The van der Waals surface area contributed by atoms with Gasteiger partial charge in [0.05, 0.1) is 0 Å². The van der Waals surface area contributed by atoms with Crippen LogP contribution < -0.4 is 0 Å². The first-order valence-electron chi connectivity index (χ1n) is 6.18. The molecule has 0 unspecified atom stereocenters. The Balaban J connectivity index is 3.17. The summed E-state index contributed by atoms with van der Waals surface area (Å²) in [6.45, 7) is 10.1. The summed E-state index contributed by atoms with van der Waals surface area (Å²) in [6.07, 6.45) is 1.57. The molecule has 0 aliphatic heterocycles. The van der Waals surface area contributed by atoms with E-state index in [4.69, 9.17) is 0 Å². The number of aromatic nitrogens is 2. The maximum atomic E-state index is 12.5. The van der Waals surface area contributed by atoms with Gasteiger partial charge >= 0.3 is 0 Å². The third-order valence-corrected chi connectivity index (χ3v) is 4.69. The Labute approximate surface area is 110 Å². The molecular formula is C12H23N3O2S. The molecule has 6 heteroatoms. The van der Waals surface area contributed by atoms with Crippen molar-refractivity contribution in [1.82, 2.24) is 13.9 Å². The second-order valence-corrected chi connectivity index (χ2v) is 7.14. The highest BCUT2D eigenvalue weighted by molar-refractivity contribution is 7.89. The van der Waals surface area contributed by atoms with Crippen LogP contribution in [0.5, 0.6) is 0 Å². The summed E-state index contributed by atoms with van der Waals surface area (Å²) in [5.41, 5.74) is 0. The second kappa shape index (κ2) is 5.40. The Morgan fingerprint density at radius 3 is 2.22 bits per heavy atom. The quantitative estimate of drug-likeness (QED) is 0.821. The standard InChI is InChI=1S/C12H23N3O2S/c1-9(2)7-15(10(3)4)18(16,17)12-8-14(6)11(5)13-12/h8-10H,7H2,1-6H3. The Morgan fingerprint density at radius 1 is 1.33 bits per heavy atom. The number of imidazole rings is 1. The molecule has 0 aliphatic carbocycles. The molecule has 18 heavy (non-hydrogen) atoms. The van der Waals surface area contributed by atoms with Crippen LogP contribution in [0.25, 0.3) is 0 Å². The van der Waals surface area contributed by atoms with Crippen molar-refractivity contribution in [3.63, 3.8) is 0 Å². The van der Waals surface area contributed by atoms with Gasteiger partial charge in [-0.05, 0) is 26.7 Å². The first-order valence-corrected chi connectivity index (χ1v) is 7.62. The third kappa shape index (κ3) is 3.11. The van der Waals surface area contributed by atoms with Crippen molar-refractivity contribution in [2.75, 3.05) is 6.54 Å². The molecule has 0 spiro atoms. The third-order valence-electron chi connectivity index (χ3n) is 2.78. The molecule has 5 nitrogen and oxygen atoms in total. The Bertz CT molecular complexity index is 484. The zero-order valence-electron chi connectivity index (χ0n) is 12.0. The van der Waals surface area contributed by atoms with E-state index >= 15 is 0 Å². The number of hydrogen-bond donors (Lipinski definition) is 0. The van der Waals surface area contributed by atoms with E-state index in [1.54, 1.807) is 24.7 Å². The van der Waals surface area contributed by atoms with Crippen molar-refractivity contribution >= 4 is 10.0 Å². The van der Waals surface area contributed by atoms with Gasteiger partial charge in [-0.15, -0.1) is 0 Å². The first kappa shape index (κ1) is 15.2. The predicted octanol–water partition coefficient (Wildman–Crippen LogP) is 1.78. The molecule has 0 bridgehead atoms. The van der Waals surface area contributed by atoms with Crippen LogP contribution in [0, 0.1) is 12.8 Å². The smallest absolute Gasteiger partial charge is 0.262 e. The predicted molar refractivity (Wildman–Crippen MR) is 71.8 cm³/mol. The van der Waals surface area contributed by atoms with Crippen molar-refractivity contribution in [2.24, 2.45) is 13.0 Å². The van der Waals surface area contributed by atoms with Crippen molar-refractivity contribution < 1.29 is 8.42 Å². The molecule has 0 aromatic carbocycles. The summed E-state index contributed by atoms with van der Waals surface area (Å²) in [4.78, 5) is 4.13. The largest absolute Gasteiger partial charge is 0.337 e. The SMILES string of the molecule is Cc1nc(S(=O)(=O)N(CC(C)C)C(C)C)cn1C.